The lowest BCUT2D eigenvalue weighted by Crippen LogP contribution is -2.38. The molecule has 0 aliphatic carbocycles. The lowest BCUT2D eigenvalue weighted by Gasteiger charge is -2.18. The Bertz CT molecular complexity index is 596. The fourth-order valence-electron chi connectivity index (χ4n) is 2.08. The Morgan fingerprint density at radius 1 is 0.600 bits per heavy atom. The van der Waals surface area contributed by atoms with Crippen LogP contribution in [-0.2, 0) is 28.5 Å². The van der Waals surface area contributed by atoms with E-state index in [9.17, 15) is 24.0 Å². The number of hydrogen-bond donors (Lipinski definition) is 5. The molecule has 0 aliphatic rings. The average Bonchev–Trinajstić information content (AvgIpc) is 2.78. The molecule has 0 rings (SSSR count). The van der Waals surface area contributed by atoms with Crippen molar-refractivity contribution in [1.29, 1.82) is 0 Å². The molecule has 5 N–H and O–H groups in total. The van der Waals surface area contributed by atoms with E-state index in [1.54, 1.807) is 13.8 Å². The largest absolute Gasteiger partial charge is 0.481 e. The van der Waals surface area contributed by atoms with Crippen LogP contribution in [0.5, 0.6) is 0 Å². The summed E-state index contributed by atoms with van der Waals surface area (Å²) in [5.74, 6) is -0.987. The third kappa shape index (κ3) is 34.5. The molecule has 0 aromatic rings. The zero-order valence-corrected chi connectivity index (χ0v) is 19.4. The van der Waals surface area contributed by atoms with Crippen molar-refractivity contribution in [3.8, 4) is 0 Å². The van der Waals surface area contributed by atoms with Gasteiger partial charge in [0.1, 0.15) is 19.3 Å². The highest BCUT2D eigenvalue weighted by atomic mass is 16.6. The minimum Gasteiger partial charge on any atom is -0.481 e. The normalized spacial score (nSPS) is 8.57. The first kappa shape index (κ1) is 52.9. The van der Waals surface area contributed by atoms with Crippen LogP contribution in [0.4, 0.5) is 19.2 Å². The zero-order valence-electron chi connectivity index (χ0n) is 19.4. The Kier molecular flexibility index (Phi) is 46.9. The topological polar surface area (TPSA) is 200 Å². The van der Waals surface area contributed by atoms with Crippen molar-refractivity contribution in [2.24, 2.45) is 0 Å². The van der Waals surface area contributed by atoms with E-state index in [2.05, 4.69) is 30.7 Å². The van der Waals surface area contributed by atoms with E-state index >= 15 is 0 Å². The van der Waals surface area contributed by atoms with Crippen LogP contribution in [0, 0.1) is 0 Å². The summed E-state index contributed by atoms with van der Waals surface area (Å²) in [5, 5.41) is 18.3. The van der Waals surface area contributed by atoms with Gasteiger partial charge in [-0.2, -0.15) is 0 Å². The number of hydrogen-bond acceptors (Lipinski definition) is 10. The van der Waals surface area contributed by atoms with Gasteiger partial charge in [0.2, 0.25) is 0 Å². The average molecular weight is 591 g/mol. The number of carbonyl (C=O) groups is 5. The Balaban J connectivity index is -0.000000363. The predicted molar refractivity (Wildman–Crippen MR) is 156 cm³/mol. The van der Waals surface area contributed by atoms with Crippen molar-refractivity contribution in [2.45, 2.75) is 77.4 Å². The quantitative estimate of drug-likeness (QED) is 0.121. The summed E-state index contributed by atoms with van der Waals surface area (Å²) in [6, 6.07) is 0. The number of amides is 4. The first-order valence-electron chi connectivity index (χ1n) is 10.7. The molecule has 40 heavy (non-hydrogen) atoms. The van der Waals surface area contributed by atoms with Gasteiger partial charge in [-0.1, -0.05) is 44.6 Å². The first-order chi connectivity index (χ1) is 16.3. The van der Waals surface area contributed by atoms with Gasteiger partial charge >= 0.3 is 30.3 Å². The van der Waals surface area contributed by atoms with Gasteiger partial charge in [0.25, 0.3) is 0 Å². The van der Waals surface area contributed by atoms with E-state index in [0.717, 1.165) is 0 Å². The highest BCUT2D eigenvalue weighted by Crippen LogP contribution is 2.00. The van der Waals surface area contributed by atoms with Gasteiger partial charge in [0.05, 0.1) is 13.2 Å². The number of ether oxygens (including phenoxy) is 5. The second-order valence-electron chi connectivity index (χ2n) is 6.34. The van der Waals surface area contributed by atoms with Gasteiger partial charge in [-0.05, 0) is 20.3 Å². The van der Waals surface area contributed by atoms with Crippen molar-refractivity contribution in [3.05, 3.63) is 0 Å². The lowest BCUT2D eigenvalue weighted by molar-refractivity contribution is -0.137. The van der Waals surface area contributed by atoms with Crippen molar-refractivity contribution >= 4 is 30.3 Å². The van der Waals surface area contributed by atoms with E-state index in [-0.39, 0.29) is 117 Å². The summed E-state index contributed by atoms with van der Waals surface area (Å²) < 4.78 is 24.8. The van der Waals surface area contributed by atoms with Gasteiger partial charge in [-0.15, -0.1) is 0 Å². The molecule has 0 saturated carbocycles. The molecular formula is C25H58N4O11. The second-order valence-corrected chi connectivity index (χ2v) is 6.34. The number of aliphatic carboxylic acids is 1. The number of carboxylic acids is 1. The summed E-state index contributed by atoms with van der Waals surface area (Å²) >= 11 is 0. The Labute approximate surface area is 241 Å². The van der Waals surface area contributed by atoms with Crippen molar-refractivity contribution in [1.82, 2.24) is 21.3 Å². The smallest absolute Gasteiger partial charge is 0.407 e. The molecule has 0 fully saturated rings. The number of rotatable bonds is 17. The summed E-state index contributed by atoms with van der Waals surface area (Å²) in [6.07, 6.45) is -3.56. The highest BCUT2D eigenvalue weighted by Gasteiger charge is 2.16. The van der Waals surface area contributed by atoms with Crippen LogP contribution in [-0.4, -0.2) is 101 Å². The molecule has 0 bridgehead atoms. The minimum absolute atomic E-state index is 0. The zero-order chi connectivity index (χ0) is 25.6. The molecule has 0 saturated heterocycles. The summed E-state index contributed by atoms with van der Waals surface area (Å²) in [5.41, 5.74) is 0. The fourth-order valence-corrected chi connectivity index (χ4v) is 2.08. The van der Waals surface area contributed by atoms with E-state index in [1.165, 1.54) is 0 Å². The van der Waals surface area contributed by atoms with Crippen LogP contribution >= 0.6 is 0 Å². The first-order valence-corrected chi connectivity index (χ1v) is 10.7. The molecule has 0 aromatic heterocycles. The van der Waals surface area contributed by atoms with Crippen molar-refractivity contribution < 1.29 is 52.8 Å². The van der Waals surface area contributed by atoms with Gasteiger partial charge in [0, 0.05) is 39.2 Å². The monoisotopic (exact) mass is 590 g/mol. The molecular weight excluding hydrogens is 532 g/mol. The van der Waals surface area contributed by atoms with Gasteiger partial charge in [-0.25, -0.2) is 19.2 Å². The van der Waals surface area contributed by atoms with E-state index < -0.39 is 36.4 Å². The summed E-state index contributed by atoms with van der Waals surface area (Å²) in [4.78, 5) is 56.4. The second kappa shape index (κ2) is 35.5. The van der Waals surface area contributed by atoms with Crippen LogP contribution in [0.2, 0.25) is 0 Å². The summed E-state index contributed by atoms with van der Waals surface area (Å²) in [7, 11) is 0. The fraction of sp³-hybridized carbons (Fsp3) is 0.800. The maximum atomic E-state index is 11.8. The standard InChI is InChI=1S/C19H34N4O11.6CH4/c1-3-30-16(26)20-7-9-22-18(28)33-12-14(32-11-5-6-15(24)25)13-34-19(29)23-10-8-21-17(27)31-4-2;;;;;;/h14H,3-13H2,1-2H3,(H,20,26)(H,21,27)(H,22,28)(H,23,29)(H,24,25);6*1H4. The molecule has 0 aromatic carbocycles. The van der Waals surface area contributed by atoms with Gasteiger partial charge < -0.3 is 50.1 Å². The molecule has 0 unspecified atom stereocenters. The molecule has 244 valence electrons. The molecule has 0 radical (unpaired) electrons. The van der Waals surface area contributed by atoms with Crippen molar-refractivity contribution in [2.75, 3.05) is 59.2 Å². The maximum Gasteiger partial charge on any atom is 0.407 e. The van der Waals surface area contributed by atoms with Crippen LogP contribution in [0.15, 0.2) is 0 Å². The minimum atomic E-state index is -0.987. The molecule has 4 amide bonds. The summed E-state index contributed by atoms with van der Waals surface area (Å²) in [6.45, 7) is 3.66. The van der Waals surface area contributed by atoms with Crippen LogP contribution < -0.4 is 21.3 Å². The Morgan fingerprint density at radius 3 is 1.23 bits per heavy atom. The molecule has 0 aliphatic heterocycles. The van der Waals surface area contributed by atoms with Gasteiger partial charge in [0.15, 0.2) is 0 Å². The Hall–Kier alpha value is -3.49. The van der Waals surface area contributed by atoms with E-state index in [0.29, 0.717) is 0 Å². The highest BCUT2D eigenvalue weighted by molar-refractivity contribution is 5.69. The van der Waals surface area contributed by atoms with Crippen molar-refractivity contribution in [3.63, 3.8) is 0 Å². The molecule has 0 heterocycles. The third-order valence-electron chi connectivity index (χ3n) is 3.57. The molecule has 0 spiro atoms. The molecule has 15 nitrogen and oxygen atoms in total. The number of carbonyl (C=O) groups excluding carboxylic acids is 4. The number of carboxylic acid groups (broad SMARTS) is 1. The van der Waals surface area contributed by atoms with Gasteiger partial charge in [-0.3, -0.25) is 4.79 Å². The third-order valence-corrected chi connectivity index (χ3v) is 3.57. The van der Waals surface area contributed by atoms with E-state index in [4.69, 9.17) is 19.3 Å². The molecule has 15 heteroatoms. The number of nitrogens with one attached hydrogen (secondary N) is 4. The SMILES string of the molecule is C.C.C.C.C.C.CCOC(=O)NCCNC(=O)OCC(COC(=O)NCCNC(=O)OCC)OCCCC(=O)O. The van der Waals surface area contributed by atoms with Crippen LogP contribution in [0.3, 0.4) is 0 Å². The van der Waals surface area contributed by atoms with Crippen LogP contribution in [0.1, 0.15) is 71.2 Å². The maximum absolute atomic E-state index is 11.8. The Morgan fingerprint density at radius 2 is 0.925 bits per heavy atom. The predicted octanol–water partition coefficient (Wildman–Crippen LogP) is 4.00. The number of alkyl carbamates (subject to hydrolysis) is 4. The lowest BCUT2D eigenvalue weighted by atomic mass is 10.3. The van der Waals surface area contributed by atoms with E-state index in [1.807, 2.05) is 0 Å². The van der Waals surface area contributed by atoms with Crippen LogP contribution in [0.25, 0.3) is 0 Å². The molecule has 0 atom stereocenters.